The van der Waals surface area contributed by atoms with Crippen LogP contribution in [-0.2, 0) is 17.8 Å². The summed E-state index contributed by atoms with van der Waals surface area (Å²) in [7, 11) is 3.13. The molecule has 0 aromatic heterocycles. The van der Waals surface area contributed by atoms with Crippen molar-refractivity contribution in [2.45, 2.75) is 18.9 Å². The Morgan fingerprint density at radius 1 is 0.905 bits per heavy atom. The molecule has 5 rings (SSSR count). The number of carbonyl (C=O) groups is 1. The molecule has 1 unspecified atom stereocenters. The molecule has 0 saturated carbocycles. The van der Waals surface area contributed by atoms with Gasteiger partial charge in [0, 0.05) is 16.7 Å². The van der Waals surface area contributed by atoms with Crippen molar-refractivity contribution in [3.05, 3.63) is 124 Å². The lowest BCUT2D eigenvalue weighted by atomic mass is 9.83. The van der Waals surface area contributed by atoms with Gasteiger partial charge in [-0.3, -0.25) is 4.79 Å². The fourth-order valence-electron chi connectivity index (χ4n) is 4.64. The molecule has 1 aliphatic heterocycles. The van der Waals surface area contributed by atoms with Gasteiger partial charge in [0.05, 0.1) is 26.6 Å². The number of esters is 1. The number of fused-ring (bicyclic) bond motifs is 1. The van der Waals surface area contributed by atoms with E-state index in [1.54, 1.807) is 74.9 Å². The van der Waals surface area contributed by atoms with Gasteiger partial charge in [-0.1, -0.05) is 48.0 Å². The number of nitrogens with two attached hydrogens (primary N) is 1. The Morgan fingerprint density at radius 3 is 2.31 bits per heavy atom. The standard InChI is InChI=1S/C33H27ClN2O6/c1-38-24-10-5-20(6-11-24)15-31(37)41-25-12-13-26-29(17-25)42-33(36)27(18-35)32(26)22-7-14-28(30(16-22)39-2)40-19-21-3-8-23(34)9-4-21/h3-14,16-17,32H,15,19,36H2,1-2H3. The van der Waals surface area contributed by atoms with E-state index in [9.17, 15) is 10.1 Å². The van der Waals surface area contributed by atoms with E-state index in [0.29, 0.717) is 45.9 Å². The van der Waals surface area contributed by atoms with E-state index in [2.05, 4.69) is 6.07 Å². The first-order chi connectivity index (χ1) is 20.4. The topological polar surface area (TPSA) is 113 Å². The molecule has 0 fully saturated rings. The molecule has 8 nitrogen and oxygen atoms in total. The third-order valence-corrected chi connectivity index (χ3v) is 7.01. The van der Waals surface area contributed by atoms with E-state index in [0.717, 1.165) is 16.7 Å². The fraction of sp³-hybridized carbons (Fsp3) is 0.152. The zero-order chi connectivity index (χ0) is 29.6. The molecule has 1 heterocycles. The highest BCUT2D eigenvalue weighted by Crippen LogP contribution is 2.45. The second-order valence-electron chi connectivity index (χ2n) is 9.45. The van der Waals surface area contributed by atoms with Gasteiger partial charge >= 0.3 is 5.97 Å². The summed E-state index contributed by atoms with van der Waals surface area (Å²) in [6.45, 7) is 0.323. The van der Waals surface area contributed by atoms with Gasteiger partial charge in [0.2, 0.25) is 5.88 Å². The highest BCUT2D eigenvalue weighted by molar-refractivity contribution is 6.30. The summed E-state index contributed by atoms with van der Waals surface area (Å²) in [5.74, 6) is 1.41. The van der Waals surface area contributed by atoms with Crippen molar-refractivity contribution < 1.29 is 28.5 Å². The number of methoxy groups -OCH3 is 2. The molecule has 42 heavy (non-hydrogen) atoms. The van der Waals surface area contributed by atoms with Crippen LogP contribution in [0.1, 0.15) is 28.2 Å². The van der Waals surface area contributed by atoms with Crippen molar-refractivity contribution in [1.82, 2.24) is 0 Å². The number of rotatable bonds is 9. The number of ether oxygens (including phenoxy) is 5. The average molecular weight is 583 g/mol. The predicted octanol–water partition coefficient (Wildman–Crippen LogP) is 6.30. The van der Waals surface area contributed by atoms with E-state index in [1.165, 1.54) is 0 Å². The van der Waals surface area contributed by atoms with E-state index in [1.807, 2.05) is 24.3 Å². The Hall–Kier alpha value is -5.13. The number of halogens is 1. The number of allylic oxidation sites excluding steroid dienone is 1. The van der Waals surface area contributed by atoms with Crippen LogP contribution in [0.25, 0.3) is 0 Å². The number of nitrogens with zero attached hydrogens (tertiary/aromatic N) is 1. The van der Waals surface area contributed by atoms with Gasteiger partial charge < -0.3 is 29.4 Å². The van der Waals surface area contributed by atoms with Gasteiger partial charge in [0.15, 0.2) is 11.5 Å². The third-order valence-electron chi connectivity index (χ3n) is 6.76. The lowest BCUT2D eigenvalue weighted by Crippen LogP contribution is -2.21. The molecular weight excluding hydrogens is 556 g/mol. The van der Waals surface area contributed by atoms with Crippen LogP contribution < -0.4 is 29.4 Å². The van der Waals surface area contributed by atoms with Crippen LogP contribution in [-0.4, -0.2) is 20.2 Å². The average Bonchev–Trinajstić information content (AvgIpc) is 3.00. The zero-order valence-corrected chi connectivity index (χ0v) is 23.7. The van der Waals surface area contributed by atoms with Crippen molar-refractivity contribution in [2.24, 2.45) is 5.73 Å². The van der Waals surface area contributed by atoms with Crippen LogP contribution in [0.5, 0.6) is 28.7 Å². The number of carbonyl (C=O) groups excluding carboxylic acids is 1. The van der Waals surface area contributed by atoms with Crippen molar-refractivity contribution in [3.63, 3.8) is 0 Å². The van der Waals surface area contributed by atoms with Crippen molar-refractivity contribution in [2.75, 3.05) is 14.2 Å². The van der Waals surface area contributed by atoms with Gasteiger partial charge in [0.1, 0.15) is 35.5 Å². The predicted molar refractivity (Wildman–Crippen MR) is 157 cm³/mol. The largest absolute Gasteiger partial charge is 0.497 e. The first kappa shape index (κ1) is 28.4. The van der Waals surface area contributed by atoms with Gasteiger partial charge in [-0.2, -0.15) is 5.26 Å². The van der Waals surface area contributed by atoms with Crippen LogP contribution in [0, 0.1) is 11.3 Å². The first-order valence-electron chi connectivity index (χ1n) is 13.0. The second kappa shape index (κ2) is 12.6. The lowest BCUT2D eigenvalue weighted by molar-refractivity contribution is -0.133. The normalized spacial score (nSPS) is 13.8. The maximum absolute atomic E-state index is 12.6. The molecular formula is C33H27ClN2O6. The molecule has 212 valence electrons. The quantitative estimate of drug-likeness (QED) is 0.181. The zero-order valence-electron chi connectivity index (χ0n) is 22.9. The van der Waals surface area contributed by atoms with Crippen LogP contribution in [0.15, 0.2) is 96.4 Å². The molecule has 1 atom stereocenters. The summed E-state index contributed by atoms with van der Waals surface area (Å²) in [5, 5.41) is 10.6. The molecule has 0 amide bonds. The Labute approximate surface area is 248 Å². The van der Waals surface area contributed by atoms with Crippen molar-refractivity contribution >= 4 is 17.6 Å². The van der Waals surface area contributed by atoms with Crippen LogP contribution in [0.2, 0.25) is 5.02 Å². The SMILES string of the molecule is COc1ccc(CC(=O)Oc2ccc3c(c2)OC(N)=C(C#N)C3c2ccc(OCc3ccc(Cl)cc3)c(OC)c2)cc1. The maximum Gasteiger partial charge on any atom is 0.315 e. The summed E-state index contributed by atoms with van der Waals surface area (Å²) < 4.78 is 28.1. The molecule has 2 N–H and O–H groups in total. The summed E-state index contributed by atoms with van der Waals surface area (Å²) in [4.78, 5) is 12.6. The maximum atomic E-state index is 12.6. The van der Waals surface area contributed by atoms with Crippen LogP contribution in [0.4, 0.5) is 0 Å². The van der Waals surface area contributed by atoms with Gasteiger partial charge in [0.25, 0.3) is 0 Å². The molecule has 4 aromatic carbocycles. The third kappa shape index (κ3) is 6.27. The molecule has 4 aromatic rings. The lowest BCUT2D eigenvalue weighted by Gasteiger charge is -2.27. The smallest absolute Gasteiger partial charge is 0.315 e. The van der Waals surface area contributed by atoms with E-state index >= 15 is 0 Å². The molecule has 0 radical (unpaired) electrons. The van der Waals surface area contributed by atoms with Gasteiger partial charge in [-0.05, 0) is 59.2 Å². The minimum Gasteiger partial charge on any atom is -0.497 e. The summed E-state index contributed by atoms with van der Waals surface area (Å²) >= 11 is 5.98. The second-order valence-corrected chi connectivity index (χ2v) is 9.89. The monoisotopic (exact) mass is 582 g/mol. The molecule has 1 aliphatic rings. The number of benzene rings is 4. The molecule has 0 aliphatic carbocycles. The first-order valence-corrected chi connectivity index (χ1v) is 13.4. The molecule has 0 bridgehead atoms. The molecule has 9 heteroatoms. The minimum absolute atomic E-state index is 0.0289. The van der Waals surface area contributed by atoms with Crippen molar-refractivity contribution in [3.8, 4) is 34.8 Å². The minimum atomic E-state index is -0.540. The highest BCUT2D eigenvalue weighted by atomic mass is 35.5. The summed E-state index contributed by atoms with van der Waals surface area (Å²) in [6.07, 6.45) is 0.0808. The molecule has 0 saturated heterocycles. The Balaban J connectivity index is 1.37. The number of hydrogen-bond donors (Lipinski definition) is 1. The van der Waals surface area contributed by atoms with Crippen molar-refractivity contribution in [1.29, 1.82) is 5.26 Å². The van der Waals surface area contributed by atoms with Gasteiger partial charge in [-0.25, -0.2) is 0 Å². The van der Waals surface area contributed by atoms with Gasteiger partial charge in [-0.15, -0.1) is 0 Å². The van der Waals surface area contributed by atoms with Crippen LogP contribution >= 0.6 is 11.6 Å². The Morgan fingerprint density at radius 2 is 1.62 bits per heavy atom. The number of hydrogen-bond acceptors (Lipinski definition) is 8. The molecule has 0 spiro atoms. The summed E-state index contributed by atoms with van der Waals surface area (Å²) in [5.41, 5.74) is 9.61. The van der Waals surface area contributed by atoms with E-state index in [4.69, 9.17) is 41.0 Å². The summed E-state index contributed by atoms with van der Waals surface area (Å²) in [6, 6.07) is 27.2. The van der Waals surface area contributed by atoms with E-state index < -0.39 is 11.9 Å². The Bertz CT molecular complexity index is 1680. The number of nitriles is 1. The van der Waals surface area contributed by atoms with Crippen LogP contribution in [0.3, 0.4) is 0 Å². The van der Waals surface area contributed by atoms with E-state index in [-0.39, 0.29) is 17.9 Å². The highest BCUT2D eigenvalue weighted by Gasteiger charge is 2.32. The fourth-order valence-corrected chi connectivity index (χ4v) is 4.77. The Kier molecular flexibility index (Phi) is 8.51.